The van der Waals surface area contributed by atoms with Crippen molar-refractivity contribution in [3.05, 3.63) is 35.7 Å². The monoisotopic (exact) mass is 242 g/mol. The summed E-state index contributed by atoms with van der Waals surface area (Å²) in [5.74, 6) is 1.48. The van der Waals surface area contributed by atoms with Gasteiger partial charge in [-0.3, -0.25) is 4.40 Å². The lowest BCUT2D eigenvalue weighted by molar-refractivity contribution is 0.840. The maximum Gasteiger partial charge on any atom is 0.214 e. The van der Waals surface area contributed by atoms with Crippen molar-refractivity contribution < 1.29 is 0 Å². The maximum atomic E-state index is 5.73. The Morgan fingerprint density at radius 1 is 1.33 bits per heavy atom. The van der Waals surface area contributed by atoms with Crippen LogP contribution >= 0.6 is 0 Å². The molecule has 0 saturated heterocycles. The maximum absolute atomic E-state index is 5.73. The number of nitrogens with two attached hydrogens (primary N) is 1. The Morgan fingerprint density at radius 2 is 2.11 bits per heavy atom. The first-order valence-corrected chi connectivity index (χ1v) is 6.28. The molecule has 0 amide bonds. The van der Waals surface area contributed by atoms with Gasteiger partial charge in [0.1, 0.15) is 0 Å². The van der Waals surface area contributed by atoms with E-state index in [1.54, 1.807) is 0 Å². The second-order valence-electron chi connectivity index (χ2n) is 5.07. The van der Waals surface area contributed by atoms with Crippen LogP contribution in [0.15, 0.2) is 24.4 Å². The van der Waals surface area contributed by atoms with Crippen LogP contribution in [0.1, 0.15) is 31.0 Å². The lowest BCUT2D eigenvalue weighted by Gasteiger charge is -2.04. The largest absolute Gasteiger partial charge is 0.325 e. The normalized spacial score (nSPS) is 12.1. The van der Waals surface area contributed by atoms with Crippen molar-refractivity contribution in [2.24, 2.45) is 12.8 Å². The summed E-state index contributed by atoms with van der Waals surface area (Å²) in [5.41, 5.74) is 10.4. The summed E-state index contributed by atoms with van der Waals surface area (Å²) in [4.78, 5) is 4.65. The highest BCUT2D eigenvalue weighted by molar-refractivity contribution is 5.80. The second-order valence-corrected chi connectivity index (χ2v) is 5.07. The van der Waals surface area contributed by atoms with Crippen molar-refractivity contribution in [3.8, 4) is 0 Å². The zero-order valence-corrected chi connectivity index (χ0v) is 11.0. The van der Waals surface area contributed by atoms with E-state index in [1.165, 1.54) is 5.56 Å². The number of imidazole rings is 2. The fourth-order valence-corrected chi connectivity index (χ4v) is 2.37. The van der Waals surface area contributed by atoms with Gasteiger partial charge in [0.15, 0.2) is 0 Å². The molecule has 3 aromatic rings. The molecule has 18 heavy (non-hydrogen) atoms. The highest BCUT2D eigenvalue weighted by Crippen LogP contribution is 2.23. The van der Waals surface area contributed by atoms with Gasteiger partial charge >= 0.3 is 0 Å². The molecule has 2 heterocycles. The summed E-state index contributed by atoms with van der Waals surface area (Å²) in [6.45, 7) is 4.94. The lowest BCUT2D eigenvalue weighted by Crippen LogP contribution is -2.02. The van der Waals surface area contributed by atoms with E-state index in [0.29, 0.717) is 12.5 Å². The van der Waals surface area contributed by atoms with E-state index >= 15 is 0 Å². The standard InChI is InChI=1S/C14H18N4/c1-9(2)10-4-5-12-13(6-10)18-8-11(7-15)17(3)14(18)16-12/h4-6,8-9H,7,15H2,1-3H3. The van der Waals surface area contributed by atoms with Gasteiger partial charge in [0.25, 0.3) is 0 Å². The van der Waals surface area contributed by atoms with Crippen molar-refractivity contribution in [3.63, 3.8) is 0 Å². The molecule has 3 rings (SSSR count). The Kier molecular flexibility index (Phi) is 2.41. The van der Waals surface area contributed by atoms with E-state index in [1.807, 2.05) is 7.05 Å². The summed E-state index contributed by atoms with van der Waals surface area (Å²) < 4.78 is 4.18. The predicted molar refractivity (Wildman–Crippen MR) is 73.6 cm³/mol. The van der Waals surface area contributed by atoms with E-state index in [9.17, 15) is 0 Å². The lowest BCUT2D eigenvalue weighted by atomic mass is 10.0. The number of fused-ring (bicyclic) bond motifs is 3. The predicted octanol–water partition coefficient (Wildman–Crippen LogP) is 2.41. The summed E-state index contributed by atoms with van der Waals surface area (Å²) >= 11 is 0. The zero-order valence-electron chi connectivity index (χ0n) is 11.0. The van der Waals surface area contributed by atoms with E-state index in [4.69, 9.17) is 5.73 Å². The SMILES string of the molecule is CC(C)c1ccc2nc3n(C)c(CN)cn3c2c1. The molecule has 0 aliphatic carbocycles. The van der Waals surface area contributed by atoms with Gasteiger partial charge in [0.2, 0.25) is 5.78 Å². The molecule has 0 saturated carbocycles. The molecule has 0 aliphatic heterocycles. The van der Waals surface area contributed by atoms with Gasteiger partial charge in [-0.15, -0.1) is 0 Å². The molecular formula is C14H18N4. The molecule has 0 fully saturated rings. The Bertz CT molecular complexity index is 718. The molecule has 1 aromatic carbocycles. The van der Waals surface area contributed by atoms with Crippen molar-refractivity contribution in [1.29, 1.82) is 0 Å². The van der Waals surface area contributed by atoms with Crippen molar-refractivity contribution >= 4 is 16.8 Å². The number of hydrogen-bond donors (Lipinski definition) is 1. The molecule has 94 valence electrons. The summed E-state index contributed by atoms with van der Waals surface area (Å²) in [6, 6.07) is 6.48. The van der Waals surface area contributed by atoms with Crippen molar-refractivity contribution in [2.75, 3.05) is 0 Å². The molecule has 0 bridgehead atoms. The van der Waals surface area contributed by atoms with E-state index < -0.39 is 0 Å². The first kappa shape index (κ1) is 11.3. The van der Waals surface area contributed by atoms with Crippen LogP contribution in [0.4, 0.5) is 0 Å². The van der Waals surface area contributed by atoms with Gasteiger partial charge in [-0.1, -0.05) is 19.9 Å². The average Bonchev–Trinajstić information content (AvgIpc) is 2.86. The topological polar surface area (TPSA) is 48.2 Å². The van der Waals surface area contributed by atoms with Crippen molar-refractivity contribution in [1.82, 2.24) is 14.0 Å². The van der Waals surface area contributed by atoms with Crippen LogP contribution in [-0.4, -0.2) is 14.0 Å². The molecule has 0 atom stereocenters. The molecule has 2 aromatic heterocycles. The third kappa shape index (κ3) is 1.46. The van der Waals surface area contributed by atoms with Gasteiger partial charge in [-0.05, 0) is 23.6 Å². The Morgan fingerprint density at radius 3 is 2.78 bits per heavy atom. The van der Waals surface area contributed by atoms with Gasteiger partial charge in [0, 0.05) is 19.8 Å². The van der Waals surface area contributed by atoms with Gasteiger partial charge in [0.05, 0.1) is 16.7 Å². The Balaban J connectivity index is 2.35. The molecular weight excluding hydrogens is 224 g/mol. The first-order chi connectivity index (χ1) is 8.61. The minimum atomic E-state index is 0.526. The fourth-order valence-electron chi connectivity index (χ4n) is 2.37. The van der Waals surface area contributed by atoms with Crippen LogP contribution in [0.25, 0.3) is 16.8 Å². The highest BCUT2D eigenvalue weighted by atomic mass is 15.2. The quantitative estimate of drug-likeness (QED) is 0.750. The summed E-state index contributed by atoms with van der Waals surface area (Å²) in [6.07, 6.45) is 2.08. The summed E-state index contributed by atoms with van der Waals surface area (Å²) in [5, 5.41) is 0. The minimum Gasteiger partial charge on any atom is -0.325 e. The fraction of sp³-hybridized carbons (Fsp3) is 0.357. The van der Waals surface area contributed by atoms with Gasteiger partial charge < -0.3 is 10.3 Å². The molecule has 2 N–H and O–H groups in total. The highest BCUT2D eigenvalue weighted by Gasteiger charge is 2.11. The van der Waals surface area contributed by atoms with Gasteiger partial charge in [-0.2, -0.15) is 0 Å². The summed E-state index contributed by atoms with van der Waals surface area (Å²) in [7, 11) is 2.01. The molecule has 4 nitrogen and oxygen atoms in total. The van der Waals surface area contributed by atoms with Crippen LogP contribution in [0.3, 0.4) is 0 Å². The molecule has 0 spiro atoms. The number of nitrogens with zero attached hydrogens (tertiary/aromatic N) is 3. The van der Waals surface area contributed by atoms with E-state index in [0.717, 1.165) is 22.5 Å². The smallest absolute Gasteiger partial charge is 0.214 e. The van der Waals surface area contributed by atoms with Crippen LogP contribution < -0.4 is 5.73 Å². The average molecular weight is 242 g/mol. The minimum absolute atomic E-state index is 0.526. The molecule has 0 aliphatic rings. The number of rotatable bonds is 2. The third-order valence-corrected chi connectivity index (χ3v) is 3.58. The molecule has 0 unspecified atom stereocenters. The number of aryl methyl sites for hydroxylation is 1. The van der Waals surface area contributed by atoms with Crippen molar-refractivity contribution in [2.45, 2.75) is 26.3 Å². The third-order valence-electron chi connectivity index (χ3n) is 3.58. The second kappa shape index (κ2) is 3.85. The van der Waals surface area contributed by atoms with Gasteiger partial charge in [-0.25, -0.2) is 4.98 Å². The van der Waals surface area contributed by atoms with E-state index in [-0.39, 0.29) is 0 Å². The van der Waals surface area contributed by atoms with Crippen LogP contribution in [0.2, 0.25) is 0 Å². The number of hydrogen-bond acceptors (Lipinski definition) is 2. The van der Waals surface area contributed by atoms with Crippen LogP contribution in [0, 0.1) is 0 Å². The first-order valence-electron chi connectivity index (χ1n) is 6.28. The van der Waals surface area contributed by atoms with Crippen LogP contribution in [-0.2, 0) is 13.6 Å². The van der Waals surface area contributed by atoms with E-state index in [2.05, 4.69) is 52.2 Å². The zero-order chi connectivity index (χ0) is 12.9. The molecule has 4 heteroatoms. The van der Waals surface area contributed by atoms with Crippen LogP contribution in [0.5, 0.6) is 0 Å². The number of aromatic nitrogens is 3. The Hall–Kier alpha value is -1.81. The molecule has 0 radical (unpaired) electrons. The Labute approximate surface area is 106 Å². The number of benzene rings is 1.